The molecule has 2 aromatic rings. The van der Waals surface area contributed by atoms with Gasteiger partial charge in [0.15, 0.2) is 0 Å². The van der Waals surface area contributed by atoms with E-state index in [4.69, 9.17) is 16.7 Å². The van der Waals surface area contributed by atoms with Crippen LogP contribution in [0.1, 0.15) is 22.3 Å². The first-order valence-corrected chi connectivity index (χ1v) is 7.31. The number of para-hydroxylation sites is 1. The van der Waals surface area contributed by atoms with E-state index in [-0.39, 0.29) is 34.8 Å². The maximum absolute atomic E-state index is 12.0. The number of carboxylic acid groups (broad SMARTS) is 1. The van der Waals surface area contributed by atoms with Crippen LogP contribution >= 0.6 is 11.6 Å². The minimum atomic E-state index is -1.22. The molecule has 7 nitrogen and oxygen atoms in total. The number of nitrogens with one attached hydrogen (secondary N) is 1. The molecule has 124 valence electrons. The fourth-order valence-corrected chi connectivity index (χ4v) is 2.34. The summed E-state index contributed by atoms with van der Waals surface area (Å²) in [5, 5.41) is 22.8. The Morgan fingerprint density at radius 3 is 2.58 bits per heavy atom. The maximum atomic E-state index is 12.0. The second kappa shape index (κ2) is 7.56. The van der Waals surface area contributed by atoms with E-state index < -0.39 is 16.8 Å². The molecule has 2 aromatic carbocycles. The van der Waals surface area contributed by atoms with Gasteiger partial charge in [0, 0.05) is 23.1 Å². The summed E-state index contributed by atoms with van der Waals surface area (Å²) in [4.78, 5) is 33.6. The molecule has 24 heavy (non-hydrogen) atoms. The molecular formula is C16H13ClN2O5. The number of hydrogen-bond acceptors (Lipinski definition) is 4. The quantitative estimate of drug-likeness (QED) is 0.613. The van der Waals surface area contributed by atoms with E-state index in [2.05, 4.69) is 5.32 Å². The normalized spacial score (nSPS) is 10.2. The molecule has 0 spiro atoms. The van der Waals surface area contributed by atoms with E-state index in [9.17, 15) is 19.7 Å². The number of carbonyl (C=O) groups excluding carboxylic acids is 1. The summed E-state index contributed by atoms with van der Waals surface area (Å²) >= 11 is 5.75. The van der Waals surface area contributed by atoms with Crippen LogP contribution < -0.4 is 5.32 Å². The number of halogens is 1. The Morgan fingerprint density at radius 2 is 1.92 bits per heavy atom. The van der Waals surface area contributed by atoms with Crippen molar-refractivity contribution in [2.45, 2.75) is 12.8 Å². The van der Waals surface area contributed by atoms with Crippen LogP contribution in [-0.4, -0.2) is 21.9 Å². The Balaban J connectivity index is 2.08. The van der Waals surface area contributed by atoms with Crippen molar-refractivity contribution in [3.8, 4) is 0 Å². The predicted octanol–water partition coefficient (Wildman–Crippen LogP) is 3.52. The number of nitrogens with zero attached hydrogens (tertiary/aromatic N) is 1. The van der Waals surface area contributed by atoms with Gasteiger partial charge < -0.3 is 10.4 Å². The lowest BCUT2D eigenvalue weighted by molar-refractivity contribution is -0.385. The lowest BCUT2D eigenvalue weighted by Gasteiger charge is -2.09. The highest BCUT2D eigenvalue weighted by molar-refractivity contribution is 6.31. The van der Waals surface area contributed by atoms with E-state index >= 15 is 0 Å². The van der Waals surface area contributed by atoms with Crippen LogP contribution in [0.25, 0.3) is 0 Å². The van der Waals surface area contributed by atoms with Gasteiger partial charge in [0.2, 0.25) is 5.91 Å². The van der Waals surface area contributed by atoms with Gasteiger partial charge in [0.25, 0.3) is 5.69 Å². The van der Waals surface area contributed by atoms with Gasteiger partial charge in [0.05, 0.1) is 16.2 Å². The molecule has 2 rings (SSSR count). The van der Waals surface area contributed by atoms with Gasteiger partial charge in [-0.25, -0.2) is 4.79 Å². The SMILES string of the molecule is O=C(CCc1ccccc1[N+](=O)[O-])Nc1ccc(Cl)cc1C(=O)O. The molecule has 0 radical (unpaired) electrons. The van der Waals surface area contributed by atoms with Crippen LogP contribution in [0.2, 0.25) is 5.02 Å². The highest BCUT2D eigenvalue weighted by Gasteiger charge is 2.16. The average molecular weight is 349 g/mol. The Bertz CT molecular complexity index is 807. The van der Waals surface area contributed by atoms with Crippen molar-refractivity contribution < 1.29 is 19.6 Å². The fraction of sp³-hybridized carbons (Fsp3) is 0.125. The molecule has 0 aliphatic rings. The molecule has 0 saturated heterocycles. The minimum absolute atomic E-state index is 0.0213. The number of benzene rings is 2. The lowest BCUT2D eigenvalue weighted by atomic mass is 10.1. The molecule has 0 unspecified atom stereocenters. The number of carbonyl (C=O) groups is 2. The number of rotatable bonds is 6. The van der Waals surface area contributed by atoms with E-state index in [0.717, 1.165) is 0 Å². The standard InChI is InChI=1S/C16H13ClN2O5/c17-11-6-7-13(12(9-11)16(21)22)18-15(20)8-5-10-3-1-2-4-14(10)19(23)24/h1-4,6-7,9H,5,8H2,(H,18,20)(H,21,22). The zero-order valence-corrected chi connectivity index (χ0v) is 13.1. The van der Waals surface area contributed by atoms with Gasteiger partial charge in [-0.05, 0) is 24.6 Å². The van der Waals surface area contributed by atoms with E-state index in [1.807, 2.05) is 0 Å². The third-order valence-corrected chi connectivity index (χ3v) is 3.53. The van der Waals surface area contributed by atoms with Gasteiger partial charge in [-0.3, -0.25) is 14.9 Å². The van der Waals surface area contributed by atoms with Crippen molar-refractivity contribution in [3.63, 3.8) is 0 Å². The van der Waals surface area contributed by atoms with Crippen molar-refractivity contribution in [2.24, 2.45) is 0 Å². The number of amides is 1. The van der Waals surface area contributed by atoms with E-state index in [0.29, 0.717) is 5.56 Å². The molecule has 0 atom stereocenters. The molecule has 0 fully saturated rings. The van der Waals surface area contributed by atoms with Gasteiger partial charge >= 0.3 is 5.97 Å². The van der Waals surface area contributed by atoms with Gasteiger partial charge in [0.1, 0.15) is 0 Å². The molecule has 8 heteroatoms. The third-order valence-electron chi connectivity index (χ3n) is 3.30. The molecule has 0 aliphatic heterocycles. The zero-order valence-electron chi connectivity index (χ0n) is 12.4. The number of nitro benzene ring substituents is 1. The van der Waals surface area contributed by atoms with E-state index in [1.165, 1.54) is 24.3 Å². The number of carboxylic acids is 1. The molecule has 0 aliphatic carbocycles. The first-order chi connectivity index (χ1) is 11.4. The molecule has 1 amide bonds. The summed E-state index contributed by atoms with van der Waals surface area (Å²) in [5.74, 6) is -1.66. The minimum Gasteiger partial charge on any atom is -0.478 e. The second-order valence-electron chi connectivity index (χ2n) is 4.93. The summed E-state index contributed by atoms with van der Waals surface area (Å²) in [6, 6.07) is 10.3. The molecular weight excluding hydrogens is 336 g/mol. The number of anilines is 1. The summed E-state index contributed by atoms with van der Waals surface area (Å²) in [5.41, 5.74) is 0.385. The molecule has 0 heterocycles. The van der Waals surface area contributed by atoms with Crippen LogP contribution in [0.15, 0.2) is 42.5 Å². The monoisotopic (exact) mass is 348 g/mol. The smallest absolute Gasteiger partial charge is 0.337 e. The van der Waals surface area contributed by atoms with Crippen LogP contribution in [-0.2, 0) is 11.2 Å². The van der Waals surface area contributed by atoms with Gasteiger partial charge in [-0.15, -0.1) is 0 Å². The maximum Gasteiger partial charge on any atom is 0.337 e. The summed E-state index contributed by atoms with van der Waals surface area (Å²) in [7, 11) is 0. The van der Waals surface area contributed by atoms with Crippen LogP contribution in [0, 0.1) is 10.1 Å². The Morgan fingerprint density at radius 1 is 1.21 bits per heavy atom. The van der Waals surface area contributed by atoms with Crippen molar-refractivity contribution in [2.75, 3.05) is 5.32 Å². The first-order valence-electron chi connectivity index (χ1n) is 6.93. The second-order valence-corrected chi connectivity index (χ2v) is 5.37. The van der Waals surface area contributed by atoms with Gasteiger partial charge in [-0.2, -0.15) is 0 Å². The largest absolute Gasteiger partial charge is 0.478 e. The first kappa shape index (κ1) is 17.4. The average Bonchev–Trinajstić information content (AvgIpc) is 2.54. The molecule has 0 aromatic heterocycles. The van der Waals surface area contributed by atoms with Crippen molar-refractivity contribution in [1.29, 1.82) is 0 Å². The predicted molar refractivity (Wildman–Crippen MR) is 88.5 cm³/mol. The number of aryl methyl sites for hydroxylation is 1. The van der Waals surface area contributed by atoms with Crippen molar-refractivity contribution in [1.82, 2.24) is 0 Å². The zero-order chi connectivity index (χ0) is 17.7. The fourth-order valence-electron chi connectivity index (χ4n) is 2.16. The number of nitro groups is 1. The van der Waals surface area contributed by atoms with Gasteiger partial charge in [-0.1, -0.05) is 29.8 Å². The summed E-state index contributed by atoms with van der Waals surface area (Å²) in [6.07, 6.45) is 0.144. The molecule has 2 N–H and O–H groups in total. The molecule has 0 bridgehead atoms. The van der Waals surface area contributed by atoms with Crippen molar-refractivity contribution in [3.05, 3.63) is 68.7 Å². The Hall–Kier alpha value is -2.93. The van der Waals surface area contributed by atoms with Crippen LogP contribution in [0.4, 0.5) is 11.4 Å². The van der Waals surface area contributed by atoms with Crippen LogP contribution in [0.3, 0.4) is 0 Å². The number of aromatic carboxylic acids is 1. The van der Waals surface area contributed by atoms with Crippen LogP contribution in [0.5, 0.6) is 0 Å². The topological polar surface area (TPSA) is 110 Å². The third kappa shape index (κ3) is 4.30. The molecule has 0 saturated carbocycles. The Kier molecular flexibility index (Phi) is 5.49. The summed E-state index contributed by atoms with van der Waals surface area (Å²) in [6.45, 7) is 0. The number of hydrogen-bond donors (Lipinski definition) is 2. The highest BCUT2D eigenvalue weighted by Crippen LogP contribution is 2.22. The highest BCUT2D eigenvalue weighted by atomic mass is 35.5. The Labute approximate surface area is 142 Å². The summed E-state index contributed by atoms with van der Waals surface area (Å²) < 4.78 is 0. The van der Waals surface area contributed by atoms with Crippen molar-refractivity contribution >= 4 is 34.9 Å². The lowest BCUT2D eigenvalue weighted by Crippen LogP contribution is -2.15. The van der Waals surface area contributed by atoms with E-state index in [1.54, 1.807) is 18.2 Å².